The standard InChI is InChI=1S/C16H14BrFN2/c17-14-6-12(7-15(18)8-14)10-20-4-3-13-5-11(9-19)1-2-16(13)20/h1-8H,9-10,19H2. The number of aromatic nitrogens is 1. The van der Waals surface area contributed by atoms with Crippen LogP contribution in [0.5, 0.6) is 0 Å². The van der Waals surface area contributed by atoms with Crippen molar-refractivity contribution in [2.24, 2.45) is 5.73 Å². The molecule has 3 rings (SSSR count). The minimum absolute atomic E-state index is 0.226. The molecule has 0 unspecified atom stereocenters. The maximum absolute atomic E-state index is 13.4. The number of fused-ring (bicyclic) bond motifs is 1. The van der Waals surface area contributed by atoms with Crippen LogP contribution in [0.1, 0.15) is 11.1 Å². The number of benzene rings is 2. The average Bonchev–Trinajstić information content (AvgIpc) is 2.80. The van der Waals surface area contributed by atoms with Gasteiger partial charge in [0, 0.05) is 29.3 Å². The van der Waals surface area contributed by atoms with E-state index in [9.17, 15) is 4.39 Å². The van der Waals surface area contributed by atoms with Gasteiger partial charge in [0.05, 0.1) is 0 Å². The van der Waals surface area contributed by atoms with Gasteiger partial charge in [-0.3, -0.25) is 0 Å². The van der Waals surface area contributed by atoms with Crippen LogP contribution in [0.15, 0.2) is 53.1 Å². The van der Waals surface area contributed by atoms with Crippen molar-refractivity contribution >= 4 is 26.8 Å². The summed E-state index contributed by atoms with van der Waals surface area (Å²) in [6, 6.07) is 13.2. The Morgan fingerprint density at radius 2 is 1.90 bits per heavy atom. The first-order chi connectivity index (χ1) is 9.65. The van der Waals surface area contributed by atoms with Gasteiger partial charge in [-0.1, -0.05) is 22.0 Å². The number of nitrogens with zero attached hydrogens (tertiary/aromatic N) is 1. The minimum Gasteiger partial charge on any atom is -0.343 e. The smallest absolute Gasteiger partial charge is 0.124 e. The van der Waals surface area contributed by atoms with Crippen molar-refractivity contribution in [3.63, 3.8) is 0 Å². The zero-order chi connectivity index (χ0) is 14.1. The van der Waals surface area contributed by atoms with Gasteiger partial charge < -0.3 is 10.3 Å². The summed E-state index contributed by atoms with van der Waals surface area (Å²) >= 11 is 3.32. The van der Waals surface area contributed by atoms with E-state index in [2.05, 4.69) is 38.7 Å². The van der Waals surface area contributed by atoms with Crippen LogP contribution in [0.25, 0.3) is 10.9 Å². The second kappa shape index (κ2) is 5.38. The topological polar surface area (TPSA) is 30.9 Å². The van der Waals surface area contributed by atoms with E-state index in [0.29, 0.717) is 13.1 Å². The average molecular weight is 333 g/mol. The molecule has 0 radical (unpaired) electrons. The van der Waals surface area contributed by atoms with E-state index >= 15 is 0 Å². The van der Waals surface area contributed by atoms with Crippen molar-refractivity contribution in [3.8, 4) is 0 Å². The summed E-state index contributed by atoms with van der Waals surface area (Å²) in [5.74, 6) is -0.226. The van der Waals surface area contributed by atoms with E-state index in [1.807, 2.05) is 18.3 Å². The largest absolute Gasteiger partial charge is 0.343 e. The van der Waals surface area contributed by atoms with E-state index in [1.165, 1.54) is 6.07 Å². The maximum atomic E-state index is 13.4. The van der Waals surface area contributed by atoms with E-state index in [0.717, 1.165) is 26.5 Å². The Hall–Kier alpha value is -1.65. The van der Waals surface area contributed by atoms with Gasteiger partial charge in [-0.25, -0.2) is 4.39 Å². The van der Waals surface area contributed by atoms with Crippen LogP contribution >= 0.6 is 15.9 Å². The Labute approximate surface area is 125 Å². The van der Waals surface area contributed by atoms with E-state index in [-0.39, 0.29) is 5.82 Å². The molecule has 0 aliphatic rings. The molecule has 2 N–H and O–H groups in total. The van der Waals surface area contributed by atoms with Gasteiger partial charge >= 0.3 is 0 Å². The summed E-state index contributed by atoms with van der Waals surface area (Å²) in [7, 11) is 0. The molecule has 2 nitrogen and oxygen atoms in total. The lowest BCUT2D eigenvalue weighted by atomic mass is 10.1. The van der Waals surface area contributed by atoms with Gasteiger partial charge in [0.2, 0.25) is 0 Å². The molecule has 0 saturated carbocycles. The van der Waals surface area contributed by atoms with Crippen LogP contribution in [0.2, 0.25) is 0 Å². The normalized spacial score (nSPS) is 11.2. The third-order valence-corrected chi connectivity index (χ3v) is 3.80. The van der Waals surface area contributed by atoms with Crippen LogP contribution < -0.4 is 5.73 Å². The summed E-state index contributed by atoms with van der Waals surface area (Å²) in [4.78, 5) is 0. The van der Waals surface area contributed by atoms with Gasteiger partial charge in [0.1, 0.15) is 5.82 Å². The molecular weight excluding hydrogens is 319 g/mol. The highest BCUT2D eigenvalue weighted by Gasteiger charge is 2.04. The molecule has 0 amide bonds. The molecule has 0 aliphatic carbocycles. The van der Waals surface area contributed by atoms with Crippen molar-refractivity contribution in [1.82, 2.24) is 4.57 Å². The van der Waals surface area contributed by atoms with Gasteiger partial charge in [-0.05, 0) is 52.9 Å². The number of hydrogen-bond donors (Lipinski definition) is 1. The predicted octanol–water partition coefficient (Wildman–Crippen LogP) is 4.05. The number of hydrogen-bond acceptors (Lipinski definition) is 1. The van der Waals surface area contributed by atoms with E-state index in [1.54, 1.807) is 6.07 Å². The molecule has 0 fully saturated rings. The van der Waals surface area contributed by atoms with Crippen LogP contribution in [0, 0.1) is 5.82 Å². The van der Waals surface area contributed by atoms with Crippen molar-refractivity contribution in [2.75, 3.05) is 0 Å². The highest BCUT2D eigenvalue weighted by Crippen LogP contribution is 2.21. The first-order valence-corrected chi connectivity index (χ1v) is 7.18. The molecule has 0 atom stereocenters. The van der Waals surface area contributed by atoms with Crippen LogP contribution in [0.4, 0.5) is 4.39 Å². The second-order valence-electron chi connectivity index (χ2n) is 4.82. The quantitative estimate of drug-likeness (QED) is 0.770. The second-order valence-corrected chi connectivity index (χ2v) is 5.73. The zero-order valence-corrected chi connectivity index (χ0v) is 12.4. The molecule has 1 heterocycles. The Morgan fingerprint density at radius 3 is 2.65 bits per heavy atom. The fourth-order valence-electron chi connectivity index (χ4n) is 2.41. The fraction of sp³-hybridized carbons (Fsp3) is 0.125. The molecule has 0 spiro atoms. The lowest BCUT2D eigenvalue weighted by Gasteiger charge is -2.07. The highest BCUT2D eigenvalue weighted by atomic mass is 79.9. The molecule has 20 heavy (non-hydrogen) atoms. The summed E-state index contributed by atoms with van der Waals surface area (Å²) in [5, 5.41) is 1.16. The van der Waals surface area contributed by atoms with Gasteiger partial charge in [-0.2, -0.15) is 0 Å². The minimum atomic E-state index is -0.226. The first kappa shape index (κ1) is 13.3. The third-order valence-electron chi connectivity index (χ3n) is 3.35. The van der Waals surface area contributed by atoms with E-state index in [4.69, 9.17) is 5.73 Å². The Kier molecular flexibility index (Phi) is 3.59. The molecule has 4 heteroatoms. The molecule has 2 aromatic carbocycles. The molecule has 0 bridgehead atoms. The van der Waals surface area contributed by atoms with E-state index < -0.39 is 0 Å². The predicted molar refractivity (Wildman–Crippen MR) is 83.0 cm³/mol. The number of halogens is 2. The van der Waals surface area contributed by atoms with Gasteiger partial charge in [0.25, 0.3) is 0 Å². The highest BCUT2D eigenvalue weighted by molar-refractivity contribution is 9.10. The summed E-state index contributed by atoms with van der Waals surface area (Å²) < 4.78 is 16.3. The fourth-order valence-corrected chi connectivity index (χ4v) is 2.93. The molecule has 1 aromatic heterocycles. The summed E-state index contributed by atoms with van der Waals surface area (Å²) in [5.41, 5.74) is 8.82. The van der Waals surface area contributed by atoms with Crippen LogP contribution in [-0.4, -0.2) is 4.57 Å². The molecule has 102 valence electrons. The SMILES string of the molecule is NCc1ccc2c(ccn2Cc2cc(F)cc(Br)c2)c1. The maximum Gasteiger partial charge on any atom is 0.124 e. The summed E-state index contributed by atoms with van der Waals surface area (Å²) in [6.45, 7) is 1.18. The van der Waals surface area contributed by atoms with Crippen molar-refractivity contribution in [2.45, 2.75) is 13.1 Å². The van der Waals surface area contributed by atoms with Gasteiger partial charge in [-0.15, -0.1) is 0 Å². The summed E-state index contributed by atoms with van der Waals surface area (Å²) in [6.07, 6.45) is 2.02. The van der Waals surface area contributed by atoms with Crippen LogP contribution in [0.3, 0.4) is 0 Å². The number of nitrogens with two attached hydrogens (primary N) is 1. The Bertz CT molecular complexity index is 744. The van der Waals surface area contributed by atoms with Crippen molar-refractivity contribution in [3.05, 3.63) is 70.1 Å². The third kappa shape index (κ3) is 2.62. The lowest BCUT2D eigenvalue weighted by Crippen LogP contribution is -1.99. The number of rotatable bonds is 3. The van der Waals surface area contributed by atoms with Crippen molar-refractivity contribution < 1.29 is 4.39 Å². The van der Waals surface area contributed by atoms with Crippen molar-refractivity contribution in [1.29, 1.82) is 0 Å². The van der Waals surface area contributed by atoms with Crippen LogP contribution in [-0.2, 0) is 13.1 Å². The zero-order valence-electron chi connectivity index (χ0n) is 10.8. The Balaban J connectivity index is 1.98. The Morgan fingerprint density at radius 1 is 1.05 bits per heavy atom. The van der Waals surface area contributed by atoms with Gasteiger partial charge in [0.15, 0.2) is 0 Å². The molecule has 0 saturated heterocycles. The monoisotopic (exact) mass is 332 g/mol. The molecular formula is C16H14BrFN2. The molecule has 0 aliphatic heterocycles. The molecule has 3 aromatic rings. The first-order valence-electron chi connectivity index (χ1n) is 6.38. The lowest BCUT2D eigenvalue weighted by molar-refractivity contribution is 0.623.